The van der Waals surface area contributed by atoms with Crippen LogP contribution in [0.1, 0.15) is 28.4 Å². The van der Waals surface area contributed by atoms with Gasteiger partial charge in [-0.1, -0.05) is 18.2 Å². The van der Waals surface area contributed by atoms with Crippen molar-refractivity contribution in [1.82, 2.24) is 0 Å². The minimum Gasteiger partial charge on any atom is -0.309 e. The molecular formula is C17H16F3NO. The van der Waals surface area contributed by atoms with Gasteiger partial charge in [-0.15, -0.1) is 0 Å². The Balaban J connectivity index is 2.37. The third-order valence-corrected chi connectivity index (χ3v) is 3.31. The lowest BCUT2D eigenvalue weighted by molar-refractivity contribution is -0.137. The fraction of sp³-hybridized carbons (Fsp3) is 0.235. The lowest BCUT2D eigenvalue weighted by Crippen LogP contribution is -2.30. The standard InChI is InChI=1S/C17H16F3NO/c1-3-21(15-9-4-6-12(2)10-15)16(22)13-7-5-8-14(11-13)17(18,19)20/h4-11H,3H2,1-2H3. The summed E-state index contributed by atoms with van der Waals surface area (Å²) in [5.41, 5.74) is 0.856. The number of hydrogen-bond donors (Lipinski definition) is 0. The highest BCUT2D eigenvalue weighted by atomic mass is 19.4. The number of benzene rings is 2. The number of alkyl halides is 3. The maximum Gasteiger partial charge on any atom is 0.416 e. The highest BCUT2D eigenvalue weighted by Crippen LogP contribution is 2.30. The highest BCUT2D eigenvalue weighted by molar-refractivity contribution is 6.06. The van der Waals surface area contributed by atoms with Gasteiger partial charge in [-0.3, -0.25) is 4.79 Å². The minimum atomic E-state index is -4.46. The van der Waals surface area contributed by atoms with E-state index in [0.717, 1.165) is 17.7 Å². The summed E-state index contributed by atoms with van der Waals surface area (Å²) >= 11 is 0. The fourth-order valence-corrected chi connectivity index (χ4v) is 2.22. The van der Waals surface area contributed by atoms with Gasteiger partial charge in [-0.05, 0) is 49.7 Å². The zero-order chi connectivity index (χ0) is 16.3. The first kappa shape index (κ1) is 16.1. The summed E-state index contributed by atoms with van der Waals surface area (Å²) in [5, 5.41) is 0. The molecule has 2 aromatic rings. The monoisotopic (exact) mass is 307 g/mol. The number of carbonyl (C=O) groups is 1. The van der Waals surface area contributed by atoms with Crippen molar-refractivity contribution in [3.05, 3.63) is 65.2 Å². The molecule has 0 aromatic heterocycles. The molecule has 0 fully saturated rings. The number of aryl methyl sites for hydroxylation is 1. The van der Waals surface area contributed by atoms with Crippen molar-refractivity contribution < 1.29 is 18.0 Å². The summed E-state index contributed by atoms with van der Waals surface area (Å²) in [6.45, 7) is 4.05. The molecule has 0 aliphatic carbocycles. The van der Waals surface area contributed by atoms with Gasteiger partial charge in [-0.2, -0.15) is 13.2 Å². The molecule has 0 spiro atoms. The van der Waals surface area contributed by atoms with E-state index >= 15 is 0 Å². The van der Waals surface area contributed by atoms with Crippen LogP contribution in [0.2, 0.25) is 0 Å². The summed E-state index contributed by atoms with van der Waals surface area (Å²) in [4.78, 5) is 14.0. The van der Waals surface area contributed by atoms with Crippen molar-refractivity contribution in [1.29, 1.82) is 0 Å². The maximum absolute atomic E-state index is 12.8. The van der Waals surface area contributed by atoms with E-state index in [-0.39, 0.29) is 5.56 Å². The van der Waals surface area contributed by atoms with Crippen LogP contribution >= 0.6 is 0 Å². The van der Waals surface area contributed by atoms with Crippen molar-refractivity contribution >= 4 is 11.6 Å². The molecule has 5 heteroatoms. The van der Waals surface area contributed by atoms with Crippen LogP contribution < -0.4 is 4.90 Å². The quantitative estimate of drug-likeness (QED) is 0.806. The first-order valence-corrected chi connectivity index (χ1v) is 6.88. The maximum atomic E-state index is 12.8. The number of anilines is 1. The van der Waals surface area contributed by atoms with Crippen molar-refractivity contribution in [3.63, 3.8) is 0 Å². The van der Waals surface area contributed by atoms with Crippen LogP contribution in [0.15, 0.2) is 48.5 Å². The molecule has 0 bridgehead atoms. The molecule has 0 N–H and O–H groups in total. The van der Waals surface area contributed by atoms with Gasteiger partial charge in [0.15, 0.2) is 0 Å². The molecule has 0 aliphatic heterocycles. The summed E-state index contributed by atoms with van der Waals surface area (Å²) < 4.78 is 38.3. The van der Waals surface area contributed by atoms with Gasteiger partial charge < -0.3 is 4.90 Å². The van der Waals surface area contributed by atoms with Gasteiger partial charge in [0.25, 0.3) is 5.91 Å². The first-order chi connectivity index (χ1) is 10.3. The fourth-order valence-electron chi connectivity index (χ4n) is 2.22. The Morgan fingerprint density at radius 1 is 1.09 bits per heavy atom. The SMILES string of the molecule is CCN(C(=O)c1cccc(C(F)(F)F)c1)c1cccc(C)c1. The van der Waals surface area contributed by atoms with Crippen LogP contribution in [0.25, 0.3) is 0 Å². The minimum absolute atomic E-state index is 0.0261. The van der Waals surface area contributed by atoms with Crippen LogP contribution in [0.3, 0.4) is 0 Å². The molecule has 2 aromatic carbocycles. The Bertz CT molecular complexity index is 680. The molecule has 1 amide bonds. The van der Waals surface area contributed by atoms with E-state index in [1.54, 1.807) is 13.0 Å². The van der Waals surface area contributed by atoms with Gasteiger partial charge >= 0.3 is 6.18 Å². The lowest BCUT2D eigenvalue weighted by Gasteiger charge is -2.22. The molecule has 2 rings (SSSR count). The molecule has 116 valence electrons. The molecule has 0 heterocycles. The Hall–Kier alpha value is -2.30. The summed E-state index contributed by atoms with van der Waals surface area (Å²) in [7, 11) is 0. The Kier molecular flexibility index (Phi) is 4.54. The average Bonchev–Trinajstić information content (AvgIpc) is 2.47. The number of carbonyl (C=O) groups excluding carboxylic acids is 1. The van der Waals surface area contributed by atoms with Crippen molar-refractivity contribution in [2.75, 3.05) is 11.4 Å². The summed E-state index contributed by atoms with van der Waals surface area (Å²) in [5.74, 6) is -0.445. The second-order valence-electron chi connectivity index (χ2n) is 4.97. The van der Waals surface area contributed by atoms with Crippen LogP contribution in [0.4, 0.5) is 18.9 Å². The number of hydrogen-bond acceptors (Lipinski definition) is 1. The molecule has 0 saturated heterocycles. The third-order valence-electron chi connectivity index (χ3n) is 3.31. The van der Waals surface area contributed by atoms with E-state index in [4.69, 9.17) is 0 Å². The van der Waals surface area contributed by atoms with E-state index in [0.29, 0.717) is 12.2 Å². The van der Waals surface area contributed by atoms with Gasteiger partial charge in [0.05, 0.1) is 5.56 Å². The topological polar surface area (TPSA) is 20.3 Å². The van der Waals surface area contributed by atoms with Crippen molar-refractivity contribution in [2.24, 2.45) is 0 Å². The van der Waals surface area contributed by atoms with E-state index in [1.807, 2.05) is 25.1 Å². The second-order valence-corrected chi connectivity index (χ2v) is 4.97. The molecule has 0 radical (unpaired) electrons. The molecule has 0 atom stereocenters. The van der Waals surface area contributed by atoms with Crippen molar-refractivity contribution in [3.8, 4) is 0 Å². The van der Waals surface area contributed by atoms with Crippen LogP contribution in [0.5, 0.6) is 0 Å². The Labute approximate surface area is 127 Å². The van der Waals surface area contributed by atoms with E-state index in [9.17, 15) is 18.0 Å². The van der Waals surface area contributed by atoms with Gasteiger partial charge in [-0.25, -0.2) is 0 Å². The number of halogens is 3. The predicted molar refractivity (Wildman–Crippen MR) is 80.0 cm³/mol. The van der Waals surface area contributed by atoms with Gasteiger partial charge in [0.1, 0.15) is 0 Å². The summed E-state index contributed by atoms with van der Waals surface area (Å²) in [6, 6.07) is 11.8. The second kappa shape index (κ2) is 6.22. The highest BCUT2D eigenvalue weighted by Gasteiger charge is 2.31. The zero-order valence-electron chi connectivity index (χ0n) is 12.3. The summed E-state index contributed by atoms with van der Waals surface area (Å²) in [6.07, 6.45) is -4.46. The molecular weight excluding hydrogens is 291 g/mol. The molecule has 0 aliphatic rings. The number of nitrogens with zero attached hydrogens (tertiary/aromatic N) is 1. The zero-order valence-corrected chi connectivity index (χ0v) is 12.3. The molecule has 0 saturated carbocycles. The normalized spacial score (nSPS) is 11.3. The number of amides is 1. The third kappa shape index (κ3) is 3.47. The average molecular weight is 307 g/mol. The number of rotatable bonds is 3. The first-order valence-electron chi connectivity index (χ1n) is 6.88. The smallest absolute Gasteiger partial charge is 0.309 e. The molecule has 0 unspecified atom stereocenters. The van der Waals surface area contributed by atoms with E-state index in [2.05, 4.69) is 0 Å². The van der Waals surface area contributed by atoms with Gasteiger partial charge in [0, 0.05) is 17.8 Å². The predicted octanol–water partition coefficient (Wildman–Crippen LogP) is 4.68. The van der Waals surface area contributed by atoms with E-state index in [1.165, 1.54) is 17.0 Å². The molecule has 22 heavy (non-hydrogen) atoms. The van der Waals surface area contributed by atoms with Crippen LogP contribution in [-0.4, -0.2) is 12.5 Å². The largest absolute Gasteiger partial charge is 0.416 e. The van der Waals surface area contributed by atoms with Crippen LogP contribution in [0, 0.1) is 6.92 Å². The van der Waals surface area contributed by atoms with Crippen molar-refractivity contribution in [2.45, 2.75) is 20.0 Å². The van der Waals surface area contributed by atoms with Gasteiger partial charge in [0.2, 0.25) is 0 Å². The Morgan fingerprint density at radius 3 is 2.36 bits per heavy atom. The van der Waals surface area contributed by atoms with E-state index < -0.39 is 17.6 Å². The Morgan fingerprint density at radius 2 is 1.77 bits per heavy atom. The lowest BCUT2D eigenvalue weighted by atomic mass is 10.1. The molecule has 2 nitrogen and oxygen atoms in total. The van der Waals surface area contributed by atoms with Crippen LogP contribution in [-0.2, 0) is 6.18 Å².